The summed E-state index contributed by atoms with van der Waals surface area (Å²) in [4.78, 5) is 34.7. The van der Waals surface area contributed by atoms with Crippen molar-refractivity contribution in [1.82, 2.24) is 4.90 Å². The second kappa shape index (κ2) is 3.90. The molecule has 2 aliphatic rings. The molecule has 5 nitrogen and oxygen atoms in total. The van der Waals surface area contributed by atoms with Crippen LogP contribution in [0, 0.1) is 11.8 Å². The van der Waals surface area contributed by atoms with Gasteiger partial charge in [-0.15, -0.1) is 0 Å². The number of aliphatic carboxylic acids is 1. The van der Waals surface area contributed by atoms with Gasteiger partial charge in [-0.25, -0.2) is 0 Å². The summed E-state index contributed by atoms with van der Waals surface area (Å²) in [6.45, 7) is -0.664. The van der Waals surface area contributed by atoms with Gasteiger partial charge in [0.1, 0.15) is 0 Å². The van der Waals surface area contributed by atoms with E-state index in [4.69, 9.17) is 11.6 Å². The largest absolute Gasteiger partial charge is 0.548 e. The van der Waals surface area contributed by atoms with Crippen molar-refractivity contribution in [2.45, 2.75) is 12.8 Å². The number of allylic oxidation sites excluding steroid dienone is 2. The van der Waals surface area contributed by atoms with Crippen molar-refractivity contribution >= 4 is 29.4 Å². The van der Waals surface area contributed by atoms with E-state index in [1.54, 1.807) is 6.08 Å². The number of nitrogens with zero attached hydrogens (tertiary/aromatic N) is 1. The minimum Gasteiger partial charge on any atom is -0.548 e. The Bertz CT molecular complexity index is 404. The lowest BCUT2D eigenvalue weighted by Gasteiger charge is -2.17. The van der Waals surface area contributed by atoms with Crippen LogP contribution in [-0.4, -0.2) is 29.2 Å². The number of halogens is 1. The topological polar surface area (TPSA) is 77.5 Å². The number of hydrogen-bond donors (Lipinski definition) is 0. The molecule has 1 fully saturated rings. The molecule has 2 atom stereocenters. The second-order valence-corrected chi connectivity index (χ2v) is 4.42. The standard InChI is InChI=1S/C10H10ClNO4/c11-5-1-2-6-7(3-5)10(16)12(9(6)15)4-8(13)14/h1,6-7H,2-4H2,(H,13,14)/p-1/t6-,7-/m0/s1. The smallest absolute Gasteiger partial charge is 0.233 e. The fourth-order valence-corrected chi connectivity index (χ4v) is 2.44. The first kappa shape index (κ1) is 11.1. The number of carbonyl (C=O) groups excluding carboxylic acids is 3. The van der Waals surface area contributed by atoms with Crippen molar-refractivity contribution in [2.24, 2.45) is 11.8 Å². The van der Waals surface area contributed by atoms with E-state index in [0.717, 1.165) is 4.90 Å². The van der Waals surface area contributed by atoms with Crippen LogP contribution in [0.1, 0.15) is 12.8 Å². The zero-order valence-electron chi connectivity index (χ0n) is 8.31. The molecule has 0 N–H and O–H groups in total. The Morgan fingerprint density at radius 1 is 1.44 bits per heavy atom. The van der Waals surface area contributed by atoms with Crippen LogP contribution in [0.15, 0.2) is 11.1 Å². The van der Waals surface area contributed by atoms with E-state index in [9.17, 15) is 19.5 Å². The number of likely N-dealkylation sites (tertiary alicyclic amines) is 1. The number of amides is 2. The first-order chi connectivity index (χ1) is 7.50. The van der Waals surface area contributed by atoms with Crippen LogP contribution >= 0.6 is 11.6 Å². The number of carboxylic acid groups (broad SMARTS) is 1. The molecule has 0 spiro atoms. The van der Waals surface area contributed by atoms with E-state index in [0.29, 0.717) is 17.9 Å². The molecule has 1 heterocycles. The van der Waals surface area contributed by atoms with E-state index in [-0.39, 0.29) is 0 Å². The zero-order valence-corrected chi connectivity index (χ0v) is 9.07. The highest BCUT2D eigenvalue weighted by atomic mass is 35.5. The summed E-state index contributed by atoms with van der Waals surface area (Å²) < 4.78 is 0. The number of carboxylic acids is 1. The highest BCUT2D eigenvalue weighted by Gasteiger charge is 2.48. The van der Waals surface area contributed by atoms with Crippen molar-refractivity contribution in [3.05, 3.63) is 11.1 Å². The van der Waals surface area contributed by atoms with Crippen molar-refractivity contribution in [1.29, 1.82) is 0 Å². The molecule has 0 radical (unpaired) electrons. The van der Waals surface area contributed by atoms with Gasteiger partial charge in [0.05, 0.1) is 24.3 Å². The lowest BCUT2D eigenvalue weighted by atomic mass is 9.85. The van der Waals surface area contributed by atoms with E-state index < -0.39 is 36.2 Å². The second-order valence-electron chi connectivity index (χ2n) is 3.94. The predicted molar refractivity (Wildman–Crippen MR) is 51.9 cm³/mol. The molecular weight excluding hydrogens is 234 g/mol. The van der Waals surface area contributed by atoms with Gasteiger partial charge in [0.15, 0.2) is 0 Å². The summed E-state index contributed by atoms with van der Waals surface area (Å²) in [7, 11) is 0. The average molecular weight is 243 g/mol. The van der Waals surface area contributed by atoms with E-state index in [2.05, 4.69) is 0 Å². The van der Waals surface area contributed by atoms with Gasteiger partial charge < -0.3 is 9.90 Å². The molecular formula is C10H9ClNO4-. The van der Waals surface area contributed by atoms with Crippen molar-refractivity contribution < 1.29 is 19.5 Å². The summed E-state index contributed by atoms with van der Waals surface area (Å²) in [6, 6.07) is 0. The first-order valence-electron chi connectivity index (χ1n) is 4.90. The fourth-order valence-electron chi connectivity index (χ4n) is 2.18. The average Bonchev–Trinajstić information content (AvgIpc) is 2.43. The lowest BCUT2D eigenvalue weighted by Crippen LogP contribution is -2.41. The van der Waals surface area contributed by atoms with Gasteiger partial charge in [-0.3, -0.25) is 14.5 Å². The van der Waals surface area contributed by atoms with Crippen LogP contribution in [0.2, 0.25) is 0 Å². The molecule has 2 amide bonds. The van der Waals surface area contributed by atoms with Gasteiger partial charge in [0.2, 0.25) is 11.8 Å². The third kappa shape index (κ3) is 1.71. The Kier molecular flexibility index (Phi) is 2.71. The number of hydrogen-bond acceptors (Lipinski definition) is 4. The molecule has 2 rings (SSSR count). The zero-order chi connectivity index (χ0) is 11.9. The Morgan fingerprint density at radius 2 is 2.06 bits per heavy atom. The highest BCUT2D eigenvalue weighted by Crippen LogP contribution is 2.38. The summed E-state index contributed by atoms with van der Waals surface area (Å²) in [5, 5.41) is 11.0. The maximum atomic E-state index is 11.8. The third-order valence-electron chi connectivity index (χ3n) is 2.95. The molecule has 1 aliphatic heterocycles. The Labute approximate surface area is 96.7 Å². The van der Waals surface area contributed by atoms with Crippen molar-refractivity contribution in [3.8, 4) is 0 Å². The molecule has 0 aromatic heterocycles. The summed E-state index contributed by atoms with van der Waals surface area (Å²) in [6.07, 6.45) is 2.42. The molecule has 0 aromatic rings. The first-order valence-corrected chi connectivity index (χ1v) is 5.28. The number of rotatable bonds is 2. The number of carbonyl (C=O) groups is 3. The van der Waals surface area contributed by atoms with Gasteiger partial charge in [-0.05, 0) is 12.8 Å². The monoisotopic (exact) mass is 242 g/mol. The van der Waals surface area contributed by atoms with Crippen molar-refractivity contribution in [2.75, 3.05) is 6.54 Å². The Hall–Kier alpha value is -1.36. The maximum Gasteiger partial charge on any atom is 0.233 e. The summed E-state index contributed by atoms with van der Waals surface area (Å²) in [5.74, 6) is -3.26. The van der Waals surface area contributed by atoms with Gasteiger partial charge in [-0.2, -0.15) is 0 Å². The lowest BCUT2D eigenvalue weighted by molar-refractivity contribution is -0.305. The summed E-state index contributed by atoms with van der Waals surface area (Å²) in [5.41, 5.74) is 0. The van der Waals surface area contributed by atoms with Gasteiger partial charge in [0.25, 0.3) is 0 Å². The van der Waals surface area contributed by atoms with E-state index in [1.807, 2.05) is 0 Å². The van der Waals surface area contributed by atoms with Gasteiger partial charge >= 0.3 is 0 Å². The quantitative estimate of drug-likeness (QED) is 0.597. The number of imide groups is 1. The molecule has 6 heteroatoms. The fraction of sp³-hybridized carbons (Fsp3) is 0.500. The Morgan fingerprint density at radius 3 is 2.69 bits per heavy atom. The predicted octanol–water partition coefficient (Wildman–Crippen LogP) is -0.746. The van der Waals surface area contributed by atoms with Crippen LogP contribution < -0.4 is 5.11 Å². The molecule has 0 unspecified atom stereocenters. The van der Waals surface area contributed by atoms with Gasteiger partial charge in [0, 0.05) is 5.03 Å². The van der Waals surface area contributed by atoms with E-state index in [1.165, 1.54) is 0 Å². The van der Waals surface area contributed by atoms with Crippen LogP contribution in [0.4, 0.5) is 0 Å². The molecule has 0 aromatic carbocycles. The molecule has 0 bridgehead atoms. The maximum absolute atomic E-state index is 11.8. The minimum atomic E-state index is -1.43. The van der Waals surface area contributed by atoms with Crippen molar-refractivity contribution in [3.63, 3.8) is 0 Å². The Balaban J connectivity index is 2.21. The minimum absolute atomic E-state index is 0.320. The van der Waals surface area contributed by atoms with Crippen LogP contribution in [0.3, 0.4) is 0 Å². The molecule has 0 saturated carbocycles. The normalized spacial score (nSPS) is 29.1. The molecule has 86 valence electrons. The van der Waals surface area contributed by atoms with Crippen LogP contribution in [-0.2, 0) is 14.4 Å². The molecule has 1 saturated heterocycles. The van der Waals surface area contributed by atoms with Gasteiger partial charge in [-0.1, -0.05) is 17.7 Å². The molecule has 16 heavy (non-hydrogen) atoms. The number of fused-ring (bicyclic) bond motifs is 1. The summed E-state index contributed by atoms with van der Waals surface area (Å²) >= 11 is 5.80. The molecule has 1 aliphatic carbocycles. The SMILES string of the molecule is O=C([O-])CN1C(=O)[C@H]2CC=C(Cl)C[C@@H]2C1=O. The van der Waals surface area contributed by atoms with E-state index >= 15 is 0 Å². The highest BCUT2D eigenvalue weighted by molar-refractivity contribution is 6.30. The van der Waals surface area contributed by atoms with Crippen LogP contribution in [0.5, 0.6) is 0 Å². The third-order valence-corrected chi connectivity index (χ3v) is 3.26. The van der Waals surface area contributed by atoms with Crippen LogP contribution in [0.25, 0.3) is 0 Å².